The molecule has 1 aromatic heterocycles. The van der Waals surface area contributed by atoms with Gasteiger partial charge in [0, 0.05) is 37.6 Å². The van der Waals surface area contributed by atoms with Crippen LogP contribution < -0.4 is 0 Å². The van der Waals surface area contributed by atoms with Crippen LogP contribution in [0.3, 0.4) is 0 Å². The number of rotatable bonds is 8. The van der Waals surface area contributed by atoms with E-state index in [9.17, 15) is 17.6 Å². The van der Waals surface area contributed by atoms with Crippen LogP contribution in [0.4, 0.5) is 17.6 Å². The van der Waals surface area contributed by atoms with Gasteiger partial charge in [0.2, 0.25) is 0 Å². The third-order valence-electron chi connectivity index (χ3n) is 5.76. The van der Waals surface area contributed by atoms with E-state index < -0.39 is 11.7 Å². The van der Waals surface area contributed by atoms with Crippen molar-refractivity contribution in [1.29, 1.82) is 0 Å². The maximum absolute atomic E-state index is 13.3. The van der Waals surface area contributed by atoms with Gasteiger partial charge < -0.3 is 4.57 Å². The Kier molecular flexibility index (Phi) is 7.21. The fraction of sp³-hybridized carbons (Fsp3) is 0.360. The number of alkyl halides is 3. The summed E-state index contributed by atoms with van der Waals surface area (Å²) in [6.45, 7) is 8.39. The molecule has 0 fully saturated rings. The van der Waals surface area contributed by atoms with Gasteiger partial charge in [-0.3, -0.25) is 4.90 Å². The molecule has 3 aromatic rings. The number of aromatic nitrogens is 1. The number of hydrogen-bond donors (Lipinski definition) is 0. The van der Waals surface area contributed by atoms with Crippen molar-refractivity contribution in [2.45, 2.75) is 52.6 Å². The highest BCUT2D eigenvalue weighted by Crippen LogP contribution is 2.29. The molecule has 0 bridgehead atoms. The fourth-order valence-electron chi connectivity index (χ4n) is 3.54. The largest absolute Gasteiger partial charge is 0.416 e. The third kappa shape index (κ3) is 6.20. The van der Waals surface area contributed by atoms with Crippen LogP contribution in [-0.4, -0.2) is 15.5 Å². The topological polar surface area (TPSA) is 8.17 Å². The van der Waals surface area contributed by atoms with Crippen molar-refractivity contribution in [2.75, 3.05) is 0 Å². The zero-order valence-corrected chi connectivity index (χ0v) is 18.0. The van der Waals surface area contributed by atoms with Crippen LogP contribution in [0.5, 0.6) is 0 Å². The second-order valence-electron chi connectivity index (χ2n) is 8.34. The first-order valence-corrected chi connectivity index (χ1v) is 10.4. The number of hydrogen-bond acceptors (Lipinski definition) is 1. The molecule has 0 amide bonds. The third-order valence-corrected chi connectivity index (χ3v) is 5.76. The zero-order chi connectivity index (χ0) is 22.6. The van der Waals surface area contributed by atoms with Crippen molar-refractivity contribution in [2.24, 2.45) is 5.92 Å². The summed E-state index contributed by atoms with van der Waals surface area (Å²) in [7, 11) is 0. The smallest absolute Gasteiger partial charge is 0.346 e. The molecule has 0 unspecified atom stereocenters. The molecule has 2 nitrogen and oxygen atoms in total. The van der Waals surface area contributed by atoms with Crippen molar-refractivity contribution < 1.29 is 17.6 Å². The highest BCUT2D eigenvalue weighted by molar-refractivity contribution is 5.25. The lowest BCUT2D eigenvalue weighted by Gasteiger charge is -2.32. The van der Waals surface area contributed by atoms with E-state index in [1.54, 1.807) is 12.1 Å². The van der Waals surface area contributed by atoms with Gasteiger partial charge in [-0.2, -0.15) is 13.2 Å². The first-order chi connectivity index (χ1) is 14.6. The van der Waals surface area contributed by atoms with E-state index in [4.69, 9.17) is 0 Å². The van der Waals surface area contributed by atoms with Gasteiger partial charge in [-0.25, -0.2) is 4.39 Å². The molecule has 1 heterocycles. The van der Waals surface area contributed by atoms with Crippen molar-refractivity contribution in [3.63, 3.8) is 0 Å². The Bertz CT molecular complexity index is 956. The molecule has 0 saturated heterocycles. The summed E-state index contributed by atoms with van der Waals surface area (Å²) < 4.78 is 53.8. The van der Waals surface area contributed by atoms with E-state index in [1.165, 1.54) is 24.3 Å². The van der Waals surface area contributed by atoms with Crippen LogP contribution in [0.2, 0.25) is 0 Å². The Hall–Kier alpha value is -2.60. The highest BCUT2D eigenvalue weighted by Gasteiger charge is 2.30. The summed E-state index contributed by atoms with van der Waals surface area (Å²) in [4.78, 5) is 2.34. The molecule has 0 saturated carbocycles. The van der Waals surface area contributed by atoms with Crippen LogP contribution >= 0.6 is 0 Å². The van der Waals surface area contributed by atoms with Gasteiger partial charge in [-0.05, 0) is 60.4 Å². The van der Waals surface area contributed by atoms with E-state index >= 15 is 0 Å². The Labute approximate surface area is 181 Å². The van der Waals surface area contributed by atoms with Crippen molar-refractivity contribution in [3.05, 3.63) is 95.1 Å². The van der Waals surface area contributed by atoms with Crippen molar-refractivity contribution in [1.82, 2.24) is 9.47 Å². The van der Waals surface area contributed by atoms with E-state index in [2.05, 4.69) is 30.2 Å². The zero-order valence-electron chi connectivity index (χ0n) is 18.0. The lowest BCUT2D eigenvalue weighted by molar-refractivity contribution is -0.137. The second-order valence-corrected chi connectivity index (χ2v) is 8.34. The van der Waals surface area contributed by atoms with Crippen LogP contribution in [0.1, 0.15) is 43.2 Å². The molecule has 0 radical (unpaired) electrons. The lowest BCUT2D eigenvalue weighted by Crippen LogP contribution is -2.36. The predicted octanol–water partition coefficient (Wildman–Crippen LogP) is 6.74. The van der Waals surface area contributed by atoms with Crippen LogP contribution in [0, 0.1) is 11.7 Å². The molecule has 0 N–H and O–H groups in total. The molecule has 0 aliphatic rings. The molecule has 0 aliphatic heterocycles. The minimum atomic E-state index is -4.33. The summed E-state index contributed by atoms with van der Waals surface area (Å²) >= 11 is 0. The predicted molar refractivity (Wildman–Crippen MR) is 115 cm³/mol. The van der Waals surface area contributed by atoms with Gasteiger partial charge in [0.25, 0.3) is 0 Å². The monoisotopic (exact) mass is 432 g/mol. The Morgan fingerprint density at radius 2 is 1.45 bits per heavy atom. The molecular formula is C25H28F4N2. The van der Waals surface area contributed by atoms with Gasteiger partial charge in [0.15, 0.2) is 0 Å². The summed E-state index contributed by atoms with van der Waals surface area (Å²) in [6.07, 6.45) is -2.38. The van der Waals surface area contributed by atoms with E-state index in [0.29, 0.717) is 31.6 Å². The average molecular weight is 433 g/mol. The lowest BCUT2D eigenvalue weighted by atomic mass is 10.0. The minimum Gasteiger partial charge on any atom is -0.346 e. The summed E-state index contributed by atoms with van der Waals surface area (Å²) in [5.74, 6) is 0.177. The summed E-state index contributed by atoms with van der Waals surface area (Å²) in [5.41, 5.74) is 2.29. The van der Waals surface area contributed by atoms with Crippen LogP contribution in [-0.2, 0) is 25.8 Å². The number of benzene rings is 2. The normalized spacial score (nSPS) is 13.2. The van der Waals surface area contributed by atoms with Gasteiger partial charge in [0.05, 0.1) is 5.56 Å². The molecule has 2 aromatic carbocycles. The first-order valence-electron chi connectivity index (χ1n) is 10.4. The highest BCUT2D eigenvalue weighted by atomic mass is 19.4. The van der Waals surface area contributed by atoms with Crippen molar-refractivity contribution >= 4 is 0 Å². The Balaban J connectivity index is 1.76. The van der Waals surface area contributed by atoms with E-state index in [0.717, 1.165) is 29.0 Å². The molecule has 1 atom stereocenters. The number of nitrogens with zero attached hydrogens (tertiary/aromatic N) is 2. The molecule has 6 heteroatoms. The second kappa shape index (κ2) is 9.69. The summed E-state index contributed by atoms with van der Waals surface area (Å²) in [6, 6.07) is 16.1. The maximum atomic E-state index is 13.3. The van der Waals surface area contributed by atoms with Gasteiger partial charge in [0.1, 0.15) is 5.82 Å². The van der Waals surface area contributed by atoms with Crippen LogP contribution in [0.25, 0.3) is 0 Å². The first kappa shape index (κ1) is 23.1. The number of halogens is 4. The molecule has 0 spiro atoms. The van der Waals surface area contributed by atoms with E-state index in [-0.39, 0.29) is 5.82 Å². The van der Waals surface area contributed by atoms with Crippen LogP contribution in [0.15, 0.2) is 66.9 Å². The molecule has 31 heavy (non-hydrogen) atoms. The standard InChI is InChI=1S/C25H28F4N2/c1-18(2)19(3)31(16-21-8-12-23(26)13-9-21)17-24-5-4-14-30(24)15-20-6-10-22(11-7-20)25(27,28)29/h4-14,18-19H,15-17H2,1-3H3/t19-/m0/s1. The quantitative estimate of drug-likeness (QED) is 0.358. The molecular weight excluding hydrogens is 404 g/mol. The molecule has 0 aliphatic carbocycles. The van der Waals surface area contributed by atoms with Crippen molar-refractivity contribution in [3.8, 4) is 0 Å². The SMILES string of the molecule is CC(C)[C@H](C)N(Cc1ccc(F)cc1)Cc1cccn1Cc1ccc(C(F)(F)F)cc1. The molecule has 166 valence electrons. The van der Waals surface area contributed by atoms with Gasteiger partial charge >= 0.3 is 6.18 Å². The fourth-order valence-corrected chi connectivity index (χ4v) is 3.54. The maximum Gasteiger partial charge on any atom is 0.416 e. The average Bonchev–Trinajstić information content (AvgIpc) is 3.14. The minimum absolute atomic E-state index is 0.252. The molecule has 3 rings (SSSR count). The van der Waals surface area contributed by atoms with Gasteiger partial charge in [-0.15, -0.1) is 0 Å². The van der Waals surface area contributed by atoms with E-state index in [1.807, 2.05) is 18.3 Å². The summed E-state index contributed by atoms with van der Waals surface area (Å²) in [5, 5.41) is 0. The van der Waals surface area contributed by atoms with Gasteiger partial charge in [-0.1, -0.05) is 38.1 Å². The Morgan fingerprint density at radius 1 is 0.839 bits per heavy atom. The Morgan fingerprint density at radius 3 is 2.03 bits per heavy atom.